The molecule has 3 rings (SSSR count). The number of carbonyl (C=O) groups excluding carboxylic acids is 1. The van der Waals surface area contributed by atoms with Gasteiger partial charge in [-0.3, -0.25) is 9.69 Å². The highest BCUT2D eigenvalue weighted by Gasteiger charge is 2.29. The Balaban J connectivity index is 1.69. The van der Waals surface area contributed by atoms with Crippen molar-refractivity contribution < 1.29 is 4.79 Å². The van der Waals surface area contributed by atoms with E-state index in [2.05, 4.69) is 36.4 Å². The molecule has 118 valence electrons. The fraction of sp³-hybridized carbons (Fsp3) is 0.429. The number of nitrogens with zero attached hydrogens (tertiary/aromatic N) is 2. The van der Waals surface area contributed by atoms with Crippen molar-refractivity contribution >= 4 is 39.3 Å². The van der Waals surface area contributed by atoms with Crippen LogP contribution in [0.25, 0.3) is 0 Å². The Kier molecular flexibility index (Phi) is 5.02. The van der Waals surface area contributed by atoms with Crippen LogP contribution in [0.2, 0.25) is 0 Å². The number of anilines is 1. The number of carbonyl (C=O) groups is 1. The first-order valence-corrected chi connectivity index (χ1v) is 8.86. The van der Waals surface area contributed by atoms with E-state index in [0.717, 1.165) is 37.1 Å². The van der Waals surface area contributed by atoms with Crippen molar-refractivity contribution in [3.05, 3.63) is 33.4 Å². The summed E-state index contributed by atoms with van der Waals surface area (Å²) in [4.78, 5) is 19.7. The molecule has 8 heteroatoms. The van der Waals surface area contributed by atoms with Crippen molar-refractivity contribution in [3.8, 4) is 0 Å². The molecule has 1 aromatic rings. The number of halogens is 1. The highest BCUT2D eigenvalue weighted by atomic mass is 79.9. The van der Waals surface area contributed by atoms with Gasteiger partial charge in [0.25, 0.3) is 0 Å². The van der Waals surface area contributed by atoms with Crippen LogP contribution in [-0.4, -0.2) is 47.3 Å². The van der Waals surface area contributed by atoms with Gasteiger partial charge in [-0.25, -0.2) is 4.98 Å². The third kappa shape index (κ3) is 3.45. The lowest BCUT2D eigenvalue weighted by Gasteiger charge is -2.26. The largest absolute Gasteiger partial charge is 0.383 e. The molecule has 1 aromatic heterocycles. The van der Waals surface area contributed by atoms with Crippen LogP contribution >= 0.6 is 27.7 Å². The molecule has 1 fully saturated rings. The van der Waals surface area contributed by atoms with E-state index in [9.17, 15) is 4.79 Å². The topological polar surface area (TPSA) is 83.3 Å². The van der Waals surface area contributed by atoms with E-state index in [4.69, 9.17) is 5.73 Å². The Labute approximate surface area is 142 Å². The Morgan fingerprint density at radius 2 is 2.32 bits per heavy atom. The van der Waals surface area contributed by atoms with Crippen molar-refractivity contribution in [1.29, 1.82) is 0 Å². The van der Waals surface area contributed by atoms with Gasteiger partial charge in [-0.1, -0.05) is 11.8 Å². The minimum atomic E-state index is -0.0840. The van der Waals surface area contributed by atoms with Crippen LogP contribution in [-0.2, 0) is 0 Å². The number of nitrogen functional groups attached to an aromatic ring is 1. The Bertz CT molecular complexity index is 601. The summed E-state index contributed by atoms with van der Waals surface area (Å²) in [5.74, 6) is 0.177. The molecule has 2 aliphatic heterocycles. The minimum Gasteiger partial charge on any atom is -0.383 e. The summed E-state index contributed by atoms with van der Waals surface area (Å²) in [5.41, 5.74) is 6.38. The second-order valence-electron chi connectivity index (χ2n) is 5.20. The zero-order valence-corrected chi connectivity index (χ0v) is 14.4. The summed E-state index contributed by atoms with van der Waals surface area (Å²) >= 11 is 4.87. The molecule has 1 atom stereocenters. The highest BCUT2D eigenvalue weighted by Crippen LogP contribution is 2.32. The molecule has 6 nitrogen and oxygen atoms in total. The SMILES string of the molecule is Nc1ncc(Br)cc1C(=O)C1=CNC(N2CCCNCC2)S1. The van der Waals surface area contributed by atoms with Crippen LogP contribution in [0.5, 0.6) is 0 Å². The second-order valence-corrected chi connectivity index (χ2v) is 7.24. The highest BCUT2D eigenvalue weighted by molar-refractivity contribution is 9.10. The predicted molar refractivity (Wildman–Crippen MR) is 92.3 cm³/mol. The average Bonchev–Trinajstić information content (AvgIpc) is 2.85. The number of pyridine rings is 1. The van der Waals surface area contributed by atoms with Crippen molar-refractivity contribution in [3.63, 3.8) is 0 Å². The number of ketones is 1. The maximum atomic E-state index is 12.6. The summed E-state index contributed by atoms with van der Waals surface area (Å²) in [7, 11) is 0. The zero-order chi connectivity index (χ0) is 15.5. The fourth-order valence-corrected chi connectivity index (χ4v) is 3.92. The third-order valence-electron chi connectivity index (χ3n) is 3.66. The van der Waals surface area contributed by atoms with Gasteiger partial charge in [0.1, 0.15) is 11.3 Å². The first-order chi connectivity index (χ1) is 10.6. The molecular formula is C14H18BrN5OS. The number of aromatic nitrogens is 1. The molecule has 3 heterocycles. The molecule has 0 spiro atoms. The number of hydrogen-bond acceptors (Lipinski definition) is 7. The monoisotopic (exact) mass is 383 g/mol. The molecule has 0 saturated carbocycles. The third-order valence-corrected chi connectivity index (χ3v) is 5.30. The van der Waals surface area contributed by atoms with Crippen molar-refractivity contribution in [1.82, 2.24) is 20.5 Å². The lowest BCUT2D eigenvalue weighted by Crippen LogP contribution is -2.41. The molecule has 4 N–H and O–H groups in total. The van der Waals surface area contributed by atoms with E-state index >= 15 is 0 Å². The van der Waals surface area contributed by atoms with Gasteiger partial charge >= 0.3 is 0 Å². The summed E-state index contributed by atoms with van der Waals surface area (Å²) in [6, 6.07) is 1.72. The molecule has 0 radical (unpaired) electrons. The van der Waals surface area contributed by atoms with Crippen LogP contribution in [0.3, 0.4) is 0 Å². The minimum absolute atomic E-state index is 0.0840. The number of nitrogens with one attached hydrogen (secondary N) is 2. The smallest absolute Gasteiger partial charge is 0.204 e. The standard InChI is InChI=1S/C14H18BrN5OS/c15-9-6-10(13(16)18-7-9)12(21)11-8-19-14(22-11)20-4-1-2-17-3-5-20/h6-8,14,17,19H,1-5H2,(H2,16,18). The molecule has 1 unspecified atom stereocenters. The van der Waals surface area contributed by atoms with Gasteiger partial charge in [-0.05, 0) is 35.0 Å². The molecule has 22 heavy (non-hydrogen) atoms. The number of rotatable bonds is 3. The zero-order valence-electron chi connectivity index (χ0n) is 12.0. The lowest BCUT2D eigenvalue weighted by atomic mass is 10.1. The first-order valence-electron chi connectivity index (χ1n) is 7.18. The second kappa shape index (κ2) is 6.99. The first kappa shape index (κ1) is 15.8. The van der Waals surface area contributed by atoms with Gasteiger partial charge in [-0.15, -0.1) is 0 Å². The number of hydrogen-bond donors (Lipinski definition) is 3. The van der Waals surface area contributed by atoms with Crippen LogP contribution in [0.4, 0.5) is 5.82 Å². The van der Waals surface area contributed by atoms with Gasteiger partial charge in [0.2, 0.25) is 5.78 Å². The van der Waals surface area contributed by atoms with Gasteiger partial charge in [0.15, 0.2) is 0 Å². The maximum Gasteiger partial charge on any atom is 0.204 e. The molecule has 0 bridgehead atoms. The van der Waals surface area contributed by atoms with Crippen molar-refractivity contribution in [2.75, 3.05) is 31.9 Å². The van der Waals surface area contributed by atoms with Crippen molar-refractivity contribution in [2.45, 2.75) is 11.9 Å². The summed E-state index contributed by atoms with van der Waals surface area (Å²) in [6.07, 6.45) is 4.49. The Morgan fingerprint density at radius 1 is 1.45 bits per heavy atom. The Hall–Kier alpha value is -1.09. The van der Waals surface area contributed by atoms with E-state index in [1.807, 2.05) is 0 Å². The summed E-state index contributed by atoms with van der Waals surface area (Å²) in [6.45, 7) is 4.02. The average molecular weight is 384 g/mol. The van der Waals surface area contributed by atoms with E-state index in [0.29, 0.717) is 10.5 Å². The fourth-order valence-electron chi connectivity index (χ4n) is 2.50. The molecule has 1 saturated heterocycles. The summed E-state index contributed by atoms with van der Waals surface area (Å²) < 4.78 is 0.747. The Morgan fingerprint density at radius 3 is 3.18 bits per heavy atom. The van der Waals surface area contributed by atoms with E-state index in [1.54, 1.807) is 30.2 Å². The summed E-state index contributed by atoms with van der Waals surface area (Å²) in [5, 5.41) is 6.68. The van der Waals surface area contributed by atoms with E-state index in [-0.39, 0.29) is 17.1 Å². The molecule has 0 amide bonds. The van der Waals surface area contributed by atoms with Crippen LogP contribution in [0.1, 0.15) is 16.8 Å². The molecular weight excluding hydrogens is 366 g/mol. The van der Waals surface area contributed by atoms with E-state index < -0.39 is 0 Å². The normalized spacial score (nSPS) is 22.8. The quantitative estimate of drug-likeness (QED) is 0.679. The molecule has 2 aliphatic rings. The molecule has 0 aromatic carbocycles. The van der Waals surface area contributed by atoms with Crippen LogP contribution in [0, 0.1) is 0 Å². The van der Waals surface area contributed by atoms with Crippen LogP contribution < -0.4 is 16.4 Å². The predicted octanol–water partition coefficient (Wildman–Crippen LogP) is 1.37. The lowest BCUT2D eigenvalue weighted by molar-refractivity contribution is 0.104. The number of thioether (sulfide) groups is 1. The van der Waals surface area contributed by atoms with E-state index in [1.165, 1.54) is 0 Å². The number of Topliss-reactive ketones (excluding diaryl/α,β-unsaturated/α-hetero) is 1. The van der Waals surface area contributed by atoms with Gasteiger partial charge < -0.3 is 16.4 Å². The molecule has 0 aliphatic carbocycles. The number of allylic oxidation sites excluding steroid dienone is 1. The van der Waals surface area contributed by atoms with Gasteiger partial charge in [0, 0.05) is 36.5 Å². The number of nitrogens with two attached hydrogens (primary N) is 1. The van der Waals surface area contributed by atoms with Crippen LogP contribution in [0.15, 0.2) is 27.8 Å². The maximum absolute atomic E-state index is 12.6. The van der Waals surface area contributed by atoms with Crippen molar-refractivity contribution in [2.24, 2.45) is 0 Å². The van der Waals surface area contributed by atoms with Gasteiger partial charge in [0.05, 0.1) is 10.5 Å². The van der Waals surface area contributed by atoms with Gasteiger partial charge in [-0.2, -0.15) is 0 Å².